The molecule has 5 heteroatoms. The van der Waals surface area contributed by atoms with Crippen LogP contribution in [0.1, 0.15) is 5.56 Å². The average Bonchev–Trinajstić information content (AvgIpc) is 2.21. The van der Waals surface area contributed by atoms with E-state index >= 15 is 0 Å². The Morgan fingerprint density at radius 2 is 1.94 bits per heavy atom. The zero-order valence-electron chi connectivity index (χ0n) is 8.89. The third-order valence-corrected chi connectivity index (χ3v) is 4.83. The van der Waals surface area contributed by atoms with Crippen molar-refractivity contribution >= 4 is 25.8 Å². The second kappa shape index (κ2) is 4.85. The molecular weight excluding hydrogens is 290 g/mol. The Balaban J connectivity index is 1.97. The van der Waals surface area contributed by atoms with Gasteiger partial charge in [0.05, 0.1) is 11.5 Å². The summed E-state index contributed by atoms with van der Waals surface area (Å²) in [5.74, 6) is 0.585. The number of hydrogen-bond donors (Lipinski definition) is 0. The largest absolute Gasteiger partial charge is 0.297 e. The van der Waals surface area contributed by atoms with Crippen LogP contribution in [0.5, 0.6) is 0 Å². The van der Waals surface area contributed by atoms with E-state index in [1.54, 1.807) is 0 Å². The van der Waals surface area contributed by atoms with Crippen LogP contribution >= 0.6 is 15.9 Å². The Labute approximate surface area is 105 Å². The molecule has 1 aliphatic rings. The minimum absolute atomic E-state index is 0.293. The van der Waals surface area contributed by atoms with Crippen molar-refractivity contribution in [1.29, 1.82) is 0 Å². The molecule has 88 valence electrons. The molecule has 2 rings (SSSR count). The summed E-state index contributed by atoms with van der Waals surface area (Å²) >= 11 is 3.43. The molecule has 0 atom stereocenters. The Kier molecular flexibility index (Phi) is 3.66. The predicted molar refractivity (Wildman–Crippen MR) is 68.1 cm³/mol. The quantitative estimate of drug-likeness (QED) is 0.834. The SMILES string of the molecule is O=S1(=O)CCN(Cc2cccc(Br)c2)CC1. The first-order chi connectivity index (χ1) is 7.55. The second-order valence-electron chi connectivity index (χ2n) is 4.06. The van der Waals surface area contributed by atoms with Gasteiger partial charge >= 0.3 is 0 Å². The summed E-state index contributed by atoms with van der Waals surface area (Å²) in [5.41, 5.74) is 1.22. The molecule has 1 aliphatic heterocycles. The molecule has 0 spiro atoms. The van der Waals surface area contributed by atoms with Gasteiger partial charge in [-0.05, 0) is 17.7 Å². The van der Waals surface area contributed by atoms with Crippen molar-refractivity contribution in [3.63, 3.8) is 0 Å². The van der Waals surface area contributed by atoms with E-state index in [2.05, 4.69) is 33.0 Å². The monoisotopic (exact) mass is 303 g/mol. The van der Waals surface area contributed by atoms with Crippen LogP contribution in [0.15, 0.2) is 28.7 Å². The third kappa shape index (κ3) is 3.30. The van der Waals surface area contributed by atoms with Crippen LogP contribution in [0.3, 0.4) is 0 Å². The highest BCUT2D eigenvalue weighted by atomic mass is 79.9. The number of rotatable bonds is 2. The van der Waals surface area contributed by atoms with Crippen LogP contribution in [0.4, 0.5) is 0 Å². The first-order valence-corrected chi connectivity index (χ1v) is 7.84. The lowest BCUT2D eigenvalue weighted by Gasteiger charge is -2.26. The maximum atomic E-state index is 11.3. The van der Waals surface area contributed by atoms with Crippen LogP contribution in [0, 0.1) is 0 Å². The summed E-state index contributed by atoms with van der Waals surface area (Å²) in [6.07, 6.45) is 0. The maximum Gasteiger partial charge on any atom is 0.152 e. The summed E-state index contributed by atoms with van der Waals surface area (Å²) in [6, 6.07) is 8.13. The molecule has 1 aromatic carbocycles. The van der Waals surface area contributed by atoms with Gasteiger partial charge in [0.2, 0.25) is 0 Å². The molecule has 3 nitrogen and oxygen atoms in total. The molecule has 0 aliphatic carbocycles. The van der Waals surface area contributed by atoms with Crippen molar-refractivity contribution in [2.45, 2.75) is 6.54 Å². The first-order valence-electron chi connectivity index (χ1n) is 5.22. The highest BCUT2D eigenvalue weighted by Crippen LogP contribution is 2.14. The Bertz CT molecular complexity index is 459. The Hall–Kier alpha value is -0.390. The van der Waals surface area contributed by atoms with Gasteiger partial charge in [-0.15, -0.1) is 0 Å². The molecule has 0 saturated carbocycles. The van der Waals surface area contributed by atoms with E-state index in [1.165, 1.54) is 5.56 Å². The highest BCUT2D eigenvalue weighted by Gasteiger charge is 2.21. The summed E-state index contributed by atoms with van der Waals surface area (Å²) in [6.45, 7) is 2.12. The fourth-order valence-electron chi connectivity index (χ4n) is 1.80. The van der Waals surface area contributed by atoms with Crippen LogP contribution in [-0.2, 0) is 16.4 Å². The predicted octanol–water partition coefficient (Wildman–Crippen LogP) is 1.68. The lowest BCUT2D eigenvalue weighted by molar-refractivity contribution is 0.287. The summed E-state index contributed by atoms with van der Waals surface area (Å²) in [7, 11) is -2.77. The van der Waals surface area contributed by atoms with E-state index in [-0.39, 0.29) is 0 Å². The Morgan fingerprint density at radius 1 is 1.25 bits per heavy atom. The van der Waals surface area contributed by atoms with Crippen LogP contribution in [0.2, 0.25) is 0 Å². The molecule has 0 radical (unpaired) electrons. The molecule has 1 aromatic rings. The zero-order valence-corrected chi connectivity index (χ0v) is 11.3. The van der Waals surface area contributed by atoms with Crippen molar-refractivity contribution < 1.29 is 8.42 Å². The lowest BCUT2D eigenvalue weighted by atomic mass is 10.2. The standard InChI is InChI=1S/C11H14BrNO2S/c12-11-3-1-2-10(8-11)9-13-4-6-16(14,15)7-5-13/h1-3,8H,4-7,9H2. The third-order valence-electron chi connectivity index (χ3n) is 2.73. The Morgan fingerprint density at radius 3 is 2.56 bits per heavy atom. The van der Waals surface area contributed by atoms with Gasteiger partial charge in [0, 0.05) is 24.1 Å². The number of sulfone groups is 1. The van der Waals surface area contributed by atoms with Crippen molar-refractivity contribution in [3.05, 3.63) is 34.3 Å². The summed E-state index contributed by atoms with van der Waals surface area (Å²) in [4.78, 5) is 2.18. The molecule has 0 N–H and O–H groups in total. The fourth-order valence-corrected chi connectivity index (χ4v) is 3.53. The van der Waals surface area contributed by atoms with Gasteiger partial charge < -0.3 is 0 Å². The van der Waals surface area contributed by atoms with E-state index in [1.807, 2.05) is 12.1 Å². The lowest BCUT2D eigenvalue weighted by Crippen LogP contribution is -2.39. The topological polar surface area (TPSA) is 37.4 Å². The molecule has 0 amide bonds. The molecule has 1 saturated heterocycles. The molecule has 0 unspecified atom stereocenters. The zero-order chi connectivity index (χ0) is 11.6. The molecule has 16 heavy (non-hydrogen) atoms. The van der Waals surface area contributed by atoms with Gasteiger partial charge in [0.25, 0.3) is 0 Å². The number of hydrogen-bond acceptors (Lipinski definition) is 3. The van der Waals surface area contributed by atoms with E-state index < -0.39 is 9.84 Å². The van der Waals surface area contributed by atoms with E-state index in [0.717, 1.165) is 11.0 Å². The second-order valence-corrected chi connectivity index (χ2v) is 7.28. The van der Waals surface area contributed by atoms with Crippen molar-refractivity contribution in [3.8, 4) is 0 Å². The maximum absolute atomic E-state index is 11.3. The summed E-state index contributed by atoms with van der Waals surface area (Å²) in [5, 5.41) is 0. The van der Waals surface area contributed by atoms with E-state index in [9.17, 15) is 8.42 Å². The smallest absolute Gasteiger partial charge is 0.152 e. The molecule has 0 bridgehead atoms. The van der Waals surface area contributed by atoms with Gasteiger partial charge in [-0.3, -0.25) is 4.90 Å². The molecule has 0 aromatic heterocycles. The van der Waals surface area contributed by atoms with Gasteiger partial charge in [0.15, 0.2) is 9.84 Å². The molecule has 1 heterocycles. The van der Waals surface area contributed by atoms with Gasteiger partial charge in [-0.2, -0.15) is 0 Å². The van der Waals surface area contributed by atoms with Gasteiger partial charge in [-0.1, -0.05) is 28.1 Å². The molecular formula is C11H14BrNO2S. The minimum Gasteiger partial charge on any atom is -0.297 e. The van der Waals surface area contributed by atoms with Crippen molar-refractivity contribution in [2.75, 3.05) is 24.6 Å². The van der Waals surface area contributed by atoms with E-state index in [4.69, 9.17) is 0 Å². The minimum atomic E-state index is -2.77. The average molecular weight is 304 g/mol. The fraction of sp³-hybridized carbons (Fsp3) is 0.455. The van der Waals surface area contributed by atoms with E-state index in [0.29, 0.717) is 24.6 Å². The highest BCUT2D eigenvalue weighted by molar-refractivity contribution is 9.10. The normalized spacial score (nSPS) is 20.8. The van der Waals surface area contributed by atoms with Crippen LogP contribution in [0.25, 0.3) is 0 Å². The van der Waals surface area contributed by atoms with Crippen molar-refractivity contribution in [1.82, 2.24) is 4.90 Å². The number of benzene rings is 1. The first kappa shape index (κ1) is 12.1. The van der Waals surface area contributed by atoms with Gasteiger partial charge in [0.1, 0.15) is 0 Å². The number of nitrogens with zero attached hydrogens (tertiary/aromatic N) is 1. The van der Waals surface area contributed by atoms with Crippen LogP contribution in [-0.4, -0.2) is 37.9 Å². The molecule has 1 fully saturated rings. The number of halogens is 1. The summed E-state index contributed by atoms with van der Waals surface area (Å²) < 4.78 is 23.6. The van der Waals surface area contributed by atoms with Crippen molar-refractivity contribution in [2.24, 2.45) is 0 Å². The van der Waals surface area contributed by atoms with Gasteiger partial charge in [-0.25, -0.2) is 8.42 Å². The van der Waals surface area contributed by atoms with Crippen LogP contribution < -0.4 is 0 Å².